The Labute approximate surface area is 172 Å². The summed E-state index contributed by atoms with van der Waals surface area (Å²) in [7, 11) is 0. The zero-order valence-electron chi connectivity index (χ0n) is 18.1. The molecule has 2 heterocycles. The summed E-state index contributed by atoms with van der Waals surface area (Å²) >= 11 is 0. The molecule has 3 heteroatoms. The predicted molar refractivity (Wildman–Crippen MR) is 119 cm³/mol. The maximum Gasteiger partial charge on any atom is 0.160 e. The zero-order valence-corrected chi connectivity index (χ0v) is 18.1. The van der Waals surface area contributed by atoms with Crippen LogP contribution in [0.2, 0.25) is 0 Å². The van der Waals surface area contributed by atoms with Crippen LogP contribution in [0.15, 0.2) is 30.7 Å². The fraction of sp³-hybridized carbons (Fsp3) is 0.640. The van der Waals surface area contributed by atoms with Gasteiger partial charge in [-0.2, -0.15) is 0 Å². The molecule has 2 aromatic heterocycles. The van der Waals surface area contributed by atoms with Crippen molar-refractivity contribution in [3.63, 3.8) is 0 Å². The smallest absolute Gasteiger partial charge is 0.160 e. The minimum absolute atomic E-state index is 0.782. The van der Waals surface area contributed by atoms with E-state index in [1.165, 1.54) is 88.3 Å². The SMILES string of the molecule is CCCCCCCCCc1ccc(-c2ncc(CCCCCCC)cn2)cn1. The molecule has 0 aliphatic heterocycles. The van der Waals surface area contributed by atoms with Crippen molar-refractivity contribution < 1.29 is 0 Å². The average Bonchev–Trinajstić information content (AvgIpc) is 2.74. The molecule has 0 saturated carbocycles. The summed E-state index contributed by atoms with van der Waals surface area (Å²) in [6, 6.07) is 4.25. The number of unbranched alkanes of at least 4 members (excludes halogenated alkanes) is 10. The Hall–Kier alpha value is -1.77. The Bertz CT molecular complexity index is 619. The second-order valence-corrected chi connectivity index (χ2v) is 7.99. The highest BCUT2D eigenvalue weighted by atomic mass is 14.9. The van der Waals surface area contributed by atoms with Crippen LogP contribution in [0.4, 0.5) is 0 Å². The first-order valence-corrected chi connectivity index (χ1v) is 11.6. The fourth-order valence-corrected chi connectivity index (χ4v) is 3.53. The van der Waals surface area contributed by atoms with Gasteiger partial charge in [0.25, 0.3) is 0 Å². The maximum absolute atomic E-state index is 4.62. The lowest BCUT2D eigenvalue weighted by Gasteiger charge is -2.05. The molecule has 0 unspecified atom stereocenters. The summed E-state index contributed by atoms with van der Waals surface area (Å²) < 4.78 is 0. The van der Waals surface area contributed by atoms with Gasteiger partial charge in [0, 0.05) is 29.8 Å². The first kappa shape index (κ1) is 22.5. The van der Waals surface area contributed by atoms with Crippen LogP contribution in [0.5, 0.6) is 0 Å². The minimum atomic E-state index is 0.782. The molecule has 0 saturated heterocycles. The van der Waals surface area contributed by atoms with Gasteiger partial charge >= 0.3 is 0 Å². The van der Waals surface area contributed by atoms with Gasteiger partial charge in [-0.05, 0) is 43.4 Å². The quantitative estimate of drug-likeness (QED) is 0.303. The molecule has 0 aromatic carbocycles. The van der Waals surface area contributed by atoms with Crippen LogP contribution in [0, 0.1) is 0 Å². The molecule has 0 fully saturated rings. The van der Waals surface area contributed by atoms with Gasteiger partial charge in [-0.3, -0.25) is 4.98 Å². The summed E-state index contributed by atoms with van der Waals surface area (Å²) in [4.78, 5) is 13.7. The van der Waals surface area contributed by atoms with Crippen molar-refractivity contribution in [1.82, 2.24) is 15.0 Å². The van der Waals surface area contributed by atoms with Crippen molar-refractivity contribution in [1.29, 1.82) is 0 Å². The third kappa shape index (κ3) is 8.95. The summed E-state index contributed by atoms with van der Waals surface area (Å²) in [5.41, 5.74) is 3.43. The van der Waals surface area contributed by atoms with Gasteiger partial charge in [-0.1, -0.05) is 78.1 Å². The maximum atomic E-state index is 4.62. The Morgan fingerprint density at radius 3 is 1.71 bits per heavy atom. The van der Waals surface area contributed by atoms with E-state index in [9.17, 15) is 0 Å². The molecular formula is C25H39N3. The molecule has 2 aromatic rings. The van der Waals surface area contributed by atoms with Gasteiger partial charge in [0.15, 0.2) is 5.82 Å². The molecule has 2 rings (SSSR count). The highest BCUT2D eigenvalue weighted by Crippen LogP contribution is 2.16. The Morgan fingerprint density at radius 2 is 1.14 bits per heavy atom. The standard InChI is InChI=1S/C25H39N3/c1-3-5-7-9-10-12-14-16-24-18-17-23(21-26-24)25-27-19-22(20-28-25)15-13-11-8-6-4-2/h17-21H,3-16H2,1-2H3. The summed E-state index contributed by atoms with van der Waals surface area (Å²) in [5, 5.41) is 0. The van der Waals surface area contributed by atoms with Crippen LogP contribution in [0.3, 0.4) is 0 Å². The van der Waals surface area contributed by atoms with Crippen LogP contribution in [-0.2, 0) is 12.8 Å². The number of hydrogen-bond acceptors (Lipinski definition) is 3. The predicted octanol–water partition coefficient (Wildman–Crippen LogP) is 7.34. The van der Waals surface area contributed by atoms with Gasteiger partial charge in [0.2, 0.25) is 0 Å². The number of pyridine rings is 1. The molecular weight excluding hydrogens is 342 g/mol. The number of aryl methyl sites for hydroxylation is 2. The Kier molecular flexibility index (Phi) is 11.5. The molecule has 0 aliphatic carbocycles. The summed E-state index contributed by atoms with van der Waals surface area (Å²) in [6.07, 6.45) is 23.9. The van der Waals surface area contributed by atoms with E-state index in [0.29, 0.717) is 0 Å². The van der Waals surface area contributed by atoms with Gasteiger partial charge < -0.3 is 0 Å². The fourth-order valence-electron chi connectivity index (χ4n) is 3.53. The van der Waals surface area contributed by atoms with E-state index in [1.807, 2.05) is 18.6 Å². The van der Waals surface area contributed by atoms with E-state index in [1.54, 1.807) is 0 Å². The molecule has 0 atom stereocenters. The van der Waals surface area contributed by atoms with Crippen molar-refractivity contribution in [2.45, 2.75) is 104 Å². The van der Waals surface area contributed by atoms with E-state index < -0.39 is 0 Å². The summed E-state index contributed by atoms with van der Waals surface area (Å²) in [6.45, 7) is 4.52. The van der Waals surface area contributed by atoms with Crippen molar-refractivity contribution >= 4 is 0 Å². The van der Waals surface area contributed by atoms with Crippen LogP contribution < -0.4 is 0 Å². The first-order chi connectivity index (χ1) is 13.8. The van der Waals surface area contributed by atoms with Gasteiger partial charge in [-0.25, -0.2) is 9.97 Å². The van der Waals surface area contributed by atoms with E-state index >= 15 is 0 Å². The van der Waals surface area contributed by atoms with Crippen molar-refractivity contribution in [2.24, 2.45) is 0 Å². The Balaban J connectivity index is 1.70. The molecule has 0 spiro atoms. The molecule has 0 radical (unpaired) electrons. The van der Waals surface area contributed by atoms with Crippen molar-refractivity contribution in [3.05, 3.63) is 42.0 Å². The zero-order chi connectivity index (χ0) is 19.9. The van der Waals surface area contributed by atoms with Crippen LogP contribution in [0.1, 0.15) is 102 Å². The number of hydrogen-bond donors (Lipinski definition) is 0. The van der Waals surface area contributed by atoms with Crippen LogP contribution in [-0.4, -0.2) is 15.0 Å². The molecule has 28 heavy (non-hydrogen) atoms. The van der Waals surface area contributed by atoms with Crippen LogP contribution >= 0.6 is 0 Å². The van der Waals surface area contributed by atoms with E-state index in [-0.39, 0.29) is 0 Å². The molecule has 0 bridgehead atoms. The van der Waals surface area contributed by atoms with Crippen LogP contribution in [0.25, 0.3) is 11.4 Å². The van der Waals surface area contributed by atoms with E-state index in [4.69, 9.17) is 0 Å². The molecule has 154 valence electrons. The van der Waals surface area contributed by atoms with Gasteiger partial charge in [0.05, 0.1) is 0 Å². The number of rotatable bonds is 15. The third-order valence-electron chi connectivity index (χ3n) is 5.39. The average molecular weight is 382 g/mol. The normalized spacial score (nSPS) is 11.1. The molecule has 0 N–H and O–H groups in total. The van der Waals surface area contributed by atoms with E-state index in [2.05, 4.69) is 40.9 Å². The van der Waals surface area contributed by atoms with E-state index in [0.717, 1.165) is 24.2 Å². The summed E-state index contributed by atoms with van der Waals surface area (Å²) in [5.74, 6) is 0.782. The number of nitrogens with zero attached hydrogens (tertiary/aromatic N) is 3. The minimum Gasteiger partial charge on any atom is -0.261 e. The monoisotopic (exact) mass is 381 g/mol. The lowest BCUT2D eigenvalue weighted by atomic mass is 10.1. The Morgan fingerprint density at radius 1 is 0.571 bits per heavy atom. The number of aromatic nitrogens is 3. The lowest BCUT2D eigenvalue weighted by Crippen LogP contribution is -1.95. The van der Waals surface area contributed by atoms with Gasteiger partial charge in [-0.15, -0.1) is 0 Å². The lowest BCUT2D eigenvalue weighted by molar-refractivity contribution is 0.587. The molecule has 0 amide bonds. The van der Waals surface area contributed by atoms with Gasteiger partial charge in [0.1, 0.15) is 0 Å². The highest BCUT2D eigenvalue weighted by Gasteiger charge is 2.03. The largest absolute Gasteiger partial charge is 0.261 e. The molecule has 3 nitrogen and oxygen atoms in total. The second kappa shape index (κ2) is 14.3. The first-order valence-electron chi connectivity index (χ1n) is 11.6. The van der Waals surface area contributed by atoms with Crippen molar-refractivity contribution in [2.75, 3.05) is 0 Å². The highest BCUT2D eigenvalue weighted by molar-refractivity contribution is 5.53. The van der Waals surface area contributed by atoms with Crippen molar-refractivity contribution in [3.8, 4) is 11.4 Å². The molecule has 0 aliphatic rings. The second-order valence-electron chi connectivity index (χ2n) is 7.99. The third-order valence-corrected chi connectivity index (χ3v) is 5.39. The topological polar surface area (TPSA) is 38.7 Å².